The van der Waals surface area contributed by atoms with Gasteiger partial charge in [0, 0.05) is 21.3 Å². The van der Waals surface area contributed by atoms with Gasteiger partial charge >= 0.3 is 5.97 Å². The van der Waals surface area contributed by atoms with Crippen molar-refractivity contribution in [1.29, 1.82) is 0 Å². The lowest BCUT2D eigenvalue weighted by molar-refractivity contribution is -0.155. The van der Waals surface area contributed by atoms with Gasteiger partial charge in [0.05, 0.1) is 12.2 Å². The first-order valence-corrected chi connectivity index (χ1v) is 12.4. The van der Waals surface area contributed by atoms with Gasteiger partial charge in [-0.05, 0) is 63.6 Å². The van der Waals surface area contributed by atoms with Crippen molar-refractivity contribution in [3.05, 3.63) is 46.3 Å². The van der Waals surface area contributed by atoms with E-state index in [0.717, 1.165) is 10.4 Å². The van der Waals surface area contributed by atoms with E-state index in [1.54, 1.807) is 32.9 Å². The number of thiophene rings is 1. The fourth-order valence-electron chi connectivity index (χ4n) is 3.50. The fourth-order valence-corrected chi connectivity index (χ4v) is 7.18. The Kier molecular flexibility index (Phi) is 6.44. The number of hydrogen-bond acceptors (Lipinski definition) is 6. The number of ether oxygens (including phenoxy) is 1. The lowest BCUT2D eigenvalue weighted by Gasteiger charge is -2.31. The first-order chi connectivity index (χ1) is 13.5. The molecule has 29 heavy (non-hydrogen) atoms. The first kappa shape index (κ1) is 22.3. The molecule has 5 nitrogen and oxygen atoms in total. The van der Waals surface area contributed by atoms with Crippen molar-refractivity contribution in [2.24, 2.45) is 0 Å². The number of esters is 1. The minimum absolute atomic E-state index is 0.00994. The van der Waals surface area contributed by atoms with Crippen LogP contribution in [0, 0.1) is 0 Å². The molecular weight excluding hydrogens is 430 g/mol. The molecule has 2 aromatic rings. The van der Waals surface area contributed by atoms with Gasteiger partial charge in [0.15, 0.2) is 9.84 Å². The van der Waals surface area contributed by atoms with Crippen LogP contribution in [-0.2, 0) is 24.1 Å². The van der Waals surface area contributed by atoms with Gasteiger partial charge in [-0.3, -0.25) is 4.79 Å². The molecule has 0 spiro atoms. The highest BCUT2D eigenvalue weighted by molar-refractivity contribution is 7.92. The molecule has 0 unspecified atom stereocenters. The molecule has 1 aliphatic rings. The molecule has 0 amide bonds. The van der Waals surface area contributed by atoms with Crippen LogP contribution >= 0.6 is 22.9 Å². The van der Waals surface area contributed by atoms with E-state index in [0.29, 0.717) is 29.4 Å². The van der Waals surface area contributed by atoms with E-state index in [4.69, 9.17) is 16.3 Å². The van der Waals surface area contributed by atoms with Gasteiger partial charge in [0.2, 0.25) is 0 Å². The summed E-state index contributed by atoms with van der Waals surface area (Å²) in [4.78, 5) is 14.3. The SMILES string of the molecule is CC(C)(C)OC(=O)C[C@]1(c2ccc(-c3ccc(Cl)cc3)s2)CCNCCS1(=O)=O. The summed E-state index contributed by atoms with van der Waals surface area (Å²) in [5, 5.41) is 3.80. The minimum Gasteiger partial charge on any atom is -0.460 e. The van der Waals surface area contributed by atoms with Crippen molar-refractivity contribution in [2.75, 3.05) is 18.8 Å². The van der Waals surface area contributed by atoms with Crippen LogP contribution in [0.15, 0.2) is 36.4 Å². The van der Waals surface area contributed by atoms with Gasteiger partial charge in [0.1, 0.15) is 10.3 Å². The van der Waals surface area contributed by atoms with E-state index in [9.17, 15) is 13.2 Å². The van der Waals surface area contributed by atoms with E-state index in [1.807, 2.05) is 24.3 Å². The Balaban J connectivity index is 2.04. The Bertz CT molecular complexity index is 977. The van der Waals surface area contributed by atoms with Crippen LogP contribution in [0.4, 0.5) is 0 Å². The predicted molar refractivity (Wildman–Crippen MR) is 118 cm³/mol. The van der Waals surface area contributed by atoms with Crippen molar-refractivity contribution in [1.82, 2.24) is 5.32 Å². The lowest BCUT2D eigenvalue weighted by atomic mass is 9.97. The van der Waals surface area contributed by atoms with Crippen molar-refractivity contribution < 1.29 is 17.9 Å². The zero-order chi connectivity index (χ0) is 21.3. The first-order valence-electron chi connectivity index (χ1n) is 9.54. The van der Waals surface area contributed by atoms with E-state index in [2.05, 4.69) is 5.32 Å². The molecule has 1 aromatic heterocycles. The second kappa shape index (κ2) is 8.38. The van der Waals surface area contributed by atoms with Gasteiger partial charge < -0.3 is 10.1 Å². The summed E-state index contributed by atoms with van der Waals surface area (Å²) in [6, 6.07) is 11.2. The average Bonchev–Trinajstić information content (AvgIpc) is 3.04. The molecule has 1 aliphatic heterocycles. The largest absolute Gasteiger partial charge is 0.460 e. The zero-order valence-electron chi connectivity index (χ0n) is 16.8. The van der Waals surface area contributed by atoms with Crippen molar-refractivity contribution in [3.8, 4) is 10.4 Å². The molecule has 158 valence electrons. The summed E-state index contributed by atoms with van der Waals surface area (Å²) < 4.78 is 30.9. The standard InChI is InChI=1S/C21H26ClNO4S2/c1-20(2,3)27-19(24)14-21(10-11-23-12-13-29(21,25)26)18-9-8-17(28-18)15-4-6-16(22)7-5-15/h4-9,23H,10-14H2,1-3H3/t21-/m0/s1. The number of hydrogen-bond donors (Lipinski definition) is 1. The van der Waals surface area contributed by atoms with Crippen LogP contribution in [0.1, 0.15) is 38.5 Å². The summed E-state index contributed by atoms with van der Waals surface area (Å²) in [5.41, 5.74) is 0.289. The minimum atomic E-state index is -3.57. The molecule has 8 heteroatoms. The summed E-state index contributed by atoms with van der Waals surface area (Å²) in [6.07, 6.45) is 0.143. The Labute approximate surface area is 181 Å². The molecule has 3 rings (SSSR count). The van der Waals surface area contributed by atoms with Crippen molar-refractivity contribution in [3.63, 3.8) is 0 Å². The maximum Gasteiger partial charge on any atom is 0.308 e. The highest BCUT2D eigenvalue weighted by Gasteiger charge is 2.49. The van der Waals surface area contributed by atoms with E-state index in [1.165, 1.54) is 11.3 Å². The molecule has 0 radical (unpaired) electrons. The third-order valence-electron chi connectivity index (χ3n) is 4.88. The number of sulfone groups is 1. The monoisotopic (exact) mass is 455 g/mol. The van der Waals surface area contributed by atoms with Gasteiger partial charge in [-0.1, -0.05) is 23.7 Å². The van der Waals surface area contributed by atoms with Crippen LogP contribution in [0.3, 0.4) is 0 Å². The second-order valence-corrected chi connectivity index (χ2v) is 12.2. The topological polar surface area (TPSA) is 72.5 Å². The van der Waals surface area contributed by atoms with Gasteiger partial charge in [-0.15, -0.1) is 11.3 Å². The lowest BCUT2D eigenvalue weighted by Crippen LogP contribution is -2.40. The zero-order valence-corrected chi connectivity index (χ0v) is 19.2. The van der Waals surface area contributed by atoms with Crippen LogP contribution in [0.25, 0.3) is 10.4 Å². The van der Waals surface area contributed by atoms with E-state index in [-0.39, 0.29) is 12.2 Å². The molecule has 1 aromatic carbocycles. The summed E-state index contributed by atoms with van der Waals surface area (Å²) >= 11 is 7.39. The van der Waals surface area contributed by atoms with Crippen molar-refractivity contribution >= 4 is 38.7 Å². The van der Waals surface area contributed by atoms with Crippen LogP contribution < -0.4 is 5.32 Å². The fraction of sp³-hybridized carbons (Fsp3) is 0.476. The molecule has 1 atom stereocenters. The molecule has 1 saturated heterocycles. The number of nitrogens with one attached hydrogen (secondary N) is 1. The highest BCUT2D eigenvalue weighted by Crippen LogP contribution is 2.45. The smallest absolute Gasteiger partial charge is 0.308 e. The molecule has 0 aliphatic carbocycles. The second-order valence-electron chi connectivity index (χ2n) is 8.25. The number of halogens is 1. The number of carbonyl (C=O) groups excluding carboxylic acids is 1. The summed E-state index contributed by atoms with van der Waals surface area (Å²) in [6.45, 7) is 6.25. The maximum atomic E-state index is 13.4. The number of carbonyl (C=O) groups is 1. The van der Waals surface area contributed by atoms with Crippen LogP contribution in [-0.4, -0.2) is 38.8 Å². The Morgan fingerprint density at radius 1 is 1.17 bits per heavy atom. The average molecular weight is 456 g/mol. The van der Waals surface area contributed by atoms with E-state index < -0.39 is 26.2 Å². The highest BCUT2D eigenvalue weighted by atomic mass is 35.5. The van der Waals surface area contributed by atoms with Gasteiger partial charge in [-0.25, -0.2) is 8.42 Å². The third kappa shape index (κ3) is 5.02. The van der Waals surface area contributed by atoms with E-state index >= 15 is 0 Å². The molecular formula is C21H26ClNO4S2. The molecule has 1 fully saturated rings. The van der Waals surface area contributed by atoms with Gasteiger partial charge in [0.25, 0.3) is 0 Å². The Hall–Kier alpha value is -1.41. The summed E-state index contributed by atoms with van der Waals surface area (Å²) in [7, 11) is -3.57. The molecule has 0 saturated carbocycles. The molecule has 1 N–H and O–H groups in total. The number of benzene rings is 1. The Morgan fingerprint density at radius 3 is 2.52 bits per heavy atom. The van der Waals surface area contributed by atoms with Crippen LogP contribution in [0.5, 0.6) is 0 Å². The predicted octanol–water partition coefficient (Wildman–Crippen LogP) is 4.40. The molecule has 0 bridgehead atoms. The molecule has 2 heterocycles. The normalized spacial score (nSPS) is 22.1. The van der Waals surface area contributed by atoms with Crippen molar-refractivity contribution in [2.45, 2.75) is 44.0 Å². The number of rotatable bonds is 4. The quantitative estimate of drug-likeness (QED) is 0.691. The summed E-state index contributed by atoms with van der Waals surface area (Å²) in [5.74, 6) is -0.506. The third-order valence-corrected chi connectivity index (χ3v) is 9.10. The maximum absolute atomic E-state index is 13.4. The van der Waals surface area contributed by atoms with Gasteiger partial charge in [-0.2, -0.15) is 0 Å². The Morgan fingerprint density at radius 2 is 1.86 bits per heavy atom. The van der Waals surface area contributed by atoms with Crippen LogP contribution in [0.2, 0.25) is 5.02 Å².